The number of ether oxygens (including phenoxy) is 2. The Hall–Kier alpha value is -2.08. The Morgan fingerprint density at radius 3 is 3.00 bits per heavy atom. The van der Waals surface area contributed by atoms with Gasteiger partial charge in [-0.15, -0.1) is 0 Å². The molecule has 4 aliphatic rings. The first-order chi connectivity index (χ1) is 13.1. The molecular weight excluding hydrogens is 344 g/mol. The zero-order valence-corrected chi connectivity index (χ0v) is 15.8. The second kappa shape index (κ2) is 7.50. The highest BCUT2D eigenvalue weighted by atomic mass is 16.5. The van der Waals surface area contributed by atoms with Gasteiger partial charge in [0.1, 0.15) is 5.75 Å². The summed E-state index contributed by atoms with van der Waals surface area (Å²) in [6, 6.07) is 7.39. The monoisotopic (exact) mass is 372 g/mol. The highest BCUT2D eigenvalue weighted by molar-refractivity contribution is 5.98. The normalized spacial score (nSPS) is 31.1. The Bertz CT molecular complexity index is 722. The molecule has 2 amide bonds. The van der Waals surface area contributed by atoms with Crippen molar-refractivity contribution in [1.82, 2.24) is 10.6 Å². The molecule has 6 nitrogen and oxygen atoms in total. The lowest BCUT2D eigenvalue weighted by Crippen LogP contribution is -2.66. The largest absolute Gasteiger partial charge is 0.467 e. The van der Waals surface area contributed by atoms with E-state index in [-0.39, 0.29) is 29.6 Å². The maximum absolute atomic E-state index is 12.7. The van der Waals surface area contributed by atoms with Gasteiger partial charge in [-0.3, -0.25) is 9.59 Å². The van der Waals surface area contributed by atoms with E-state index in [0.29, 0.717) is 37.5 Å². The van der Waals surface area contributed by atoms with Crippen LogP contribution in [0, 0.1) is 17.8 Å². The summed E-state index contributed by atoms with van der Waals surface area (Å²) in [5.41, 5.74) is -0.0618. The predicted molar refractivity (Wildman–Crippen MR) is 100 cm³/mol. The first-order valence-corrected chi connectivity index (χ1v) is 10.1. The number of rotatable bonds is 6. The molecule has 1 aliphatic heterocycles. The van der Waals surface area contributed by atoms with Crippen LogP contribution in [0.15, 0.2) is 24.3 Å². The van der Waals surface area contributed by atoms with Crippen molar-refractivity contribution in [2.45, 2.75) is 44.8 Å². The van der Waals surface area contributed by atoms with E-state index < -0.39 is 5.72 Å². The van der Waals surface area contributed by atoms with Gasteiger partial charge in [0.25, 0.3) is 5.91 Å². The molecule has 27 heavy (non-hydrogen) atoms. The van der Waals surface area contributed by atoms with Crippen molar-refractivity contribution >= 4 is 11.8 Å². The Morgan fingerprint density at radius 1 is 1.37 bits per heavy atom. The molecule has 1 heterocycles. The van der Waals surface area contributed by atoms with Crippen molar-refractivity contribution in [1.29, 1.82) is 0 Å². The third-order valence-electron chi connectivity index (χ3n) is 6.27. The van der Waals surface area contributed by atoms with E-state index in [1.54, 1.807) is 6.07 Å². The summed E-state index contributed by atoms with van der Waals surface area (Å²) in [5, 5.41) is 6.20. The molecule has 1 spiro atoms. The minimum Gasteiger partial charge on any atom is -0.467 e. The molecule has 3 fully saturated rings. The number of para-hydroxylation sites is 1. The van der Waals surface area contributed by atoms with Crippen LogP contribution < -0.4 is 15.4 Å². The molecule has 0 saturated heterocycles. The lowest BCUT2D eigenvalue weighted by Gasteiger charge is -2.55. The molecule has 5 rings (SSSR count). The number of carbonyl (C=O) groups is 2. The van der Waals surface area contributed by atoms with Crippen LogP contribution >= 0.6 is 0 Å². The molecule has 3 saturated carbocycles. The highest BCUT2D eigenvalue weighted by Gasteiger charge is 2.57. The maximum atomic E-state index is 12.7. The van der Waals surface area contributed by atoms with E-state index in [4.69, 9.17) is 9.47 Å². The number of benzene rings is 1. The van der Waals surface area contributed by atoms with Crippen molar-refractivity contribution in [3.63, 3.8) is 0 Å². The quantitative estimate of drug-likeness (QED) is 0.752. The van der Waals surface area contributed by atoms with Crippen molar-refractivity contribution in [3.05, 3.63) is 29.8 Å². The van der Waals surface area contributed by atoms with E-state index in [0.717, 1.165) is 25.7 Å². The van der Waals surface area contributed by atoms with Crippen molar-refractivity contribution in [2.75, 3.05) is 19.8 Å². The topological polar surface area (TPSA) is 76.7 Å². The molecule has 1 aromatic carbocycles. The number of carbonyl (C=O) groups excluding carboxylic acids is 2. The molecule has 6 heteroatoms. The average Bonchev–Trinajstić information content (AvgIpc) is 2.68. The maximum Gasteiger partial charge on any atom is 0.258 e. The molecule has 146 valence electrons. The average molecular weight is 372 g/mol. The molecule has 0 radical (unpaired) electrons. The van der Waals surface area contributed by atoms with Gasteiger partial charge < -0.3 is 20.1 Å². The van der Waals surface area contributed by atoms with Gasteiger partial charge in [0, 0.05) is 38.0 Å². The van der Waals surface area contributed by atoms with Crippen LogP contribution in [-0.2, 0) is 9.53 Å². The first kappa shape index (κ1) is 18.3. The molecule has 3 aliphatic carbocycles. The summed E-state index contributed by atoms with van der Waals surface area (Å²) < 4.78 is 11.7. The molecule has 2 bridgehead atoms. The van der Waals surface area contributed by atoms with Gasteiger partial charge in [-0.25, -0.2) is 0 Å². The van der Waals surface area contributed by atoms with E-state index in [9.17, 15) is 9.59 Å². The minimum absolute atomic E-state index is 0.0131. The number of nitrogens with one attached hydrogen (secondary N) is 2. The standard InChI is InChI=1S/C21H28N2O4/c1-2-26-11-5-10-22-19(24)17-12-15-9-8-14(17)13-21(15)23-20(25)16-6-3-4-7-18(16)27-21/h3-4,6-7,14-15,17H,2,5,8-13H2,1H3,(H,22,24)(H,23,25)/t14-,15+,17+,21+/m1/s1. The highest BCUT2D eigenvalue weighted by Crippen LogP contribution is 2.52. The molecule has 0 unspecified atom stereocenters. The number of hydrogen-bond donors (Lipinski definition) is 2. The third-order valence-corrected chi connectivity index (χ3v) is 6.27. The molecule has 0 aromatic heterocycles. The van der Waals surface area contributed by atoms with Crippen LogP contribution in [0.3, 0.4) is 0 Å². The lowest BCUT2D eigenvalue weighted by atomic mass is 9.60. The fraction of sp³-hybridized carbons (Fsp3) is 0.619. The number of fused-ring (bicyclic) bond motifs is 3. The van der Waals surface area contributed by atoms with Crippen LogP contribution in [0.4, 0.5) is 0 Å². The predicted octanol–water partition coefficient (Wildman–Crippen LogP) is 2.48. The Balaban J connectivity index is 1.41. The van der Waals surface area contributed by atoms with Crippen molar-refractivity contribution in [3.8, 4) is 5.75 Å². The Morgan fingerprint density at radius 2 is 2.22 bits per heavy atom. The van der Waals surface area contributed by atoms with Crippen LogP contribution in [-0.4, -0.2) is 37.3 Å². The lowest BCUT2D eigenvalue weighted by molar-refractivity contribution is -0.146. The summed E-state index contributed by atoms with van der Waals surface area (Å²) in [6.07, 6.45) is 4.31. The van der Waals surface area contributed by atoms with E-state index >= 15 is 0 Å². The molecular formula is C21H28N2O4. The SMILES string of the molecule is CCOCCCNC(=O)[C@H]1C[C@@H]2CC[C@@H]1C[C@@]21NC(=O)c2ccccc2O1. The first-order valence-electron chi connectivity index (χ1n) is 10.1. The van der Waals surface area contributed by atoms with Crippen LogP contribution in [0.2, 0.25) is 0 Å². The smallest absolute Gasteiger partial charge is 0.258 e. The van der Waals surface area contributed by atoms with Crippen LogP contribution in [0.1, 0.15) is 49.4 Å². The zero-order valence-electron chi connectivity index (χ0n) is 15.8. The van der Waals surface area contributed by atoms with Crippen LogP contribution in [0.5, 0.6) is 5.75 Å². The Labute approximate surface area is 160 Å². The number of hydrogen-bond acceptors (Lipinski definition) is 4. The van der Waals surface area contributed by atoms with E-state index in [1.807, 2.05) is 25.1 Å². The van der Waals surface area contributed by atoms with Gasteiger partial charge in [-0.05, 0) is 50.7 Å². The summed E-state index contributed by atoms with van der Waals surface area (Å²) in [6.45, 7) is 4.00. The van der Waals surface area contributed by atoms with Gasteiger partial charge in [-0.2, -0.15) is 0 Å². The molecule has 2 N–H and O–H groups in total. The summed E-state index contributed by atoms with van der Waals surface area (Å²) in [7, 11) is 0. The molecule has 4 atom stereocenters. The summed E-state index contributed by atoms with van der Waals surface area (Å²) in [5.74, 6) is 1.15. The van der Waals surface area contributed by atoms with Crippen molar-refractivity contribution in [2.24, 2.45) is 17.8 Å². The van der Waals surface area contributed by atoms with Crippen LogP contribution in [0.25, 0.3) is 0 Å². The second-order valence-corrected chi connectivity index (χ2v) is 7.86. The zero-order chi connectivity index (χ0) is 18.9. The molecule has 1 aromatic rings. The van der Waals surface area contributed by atoms with Gasteiger partial charge >= 0.3 is 0 Å². The van der Waals surface area contributed by atoms with E-state index in [1.165, 1.54) is 0 Å². The Kier molecular flexibility index (Phi) is 5.08. The van der Waals surface area contributed by atoms with E-state index in [2.05, 4.69) is 10.6 Å². The van der Waals surface area contributed by atoms with Crippen molar-refractivity contribution < 1.29 is 19.1 Å². The fourth-order valence-electron chi connectivity index (χ4n) is 4.94. The van der Waals surface area contributed by atoms with Gasteiger partial charge in [0.2, 0.25) is 5.91 Å². The van der Waals surface area contributed by atoms with Gasteiger partial charge in [-0.1, -0.05) is 12.1 Å². The number of amides is 2. The minimum atomic E-state index is -0.653. The summed E-state index contributed by atoms with van der Waals surface area (Å²) in [4.78, 5) is 25.3. The fourth-order valence-corrected chi connectivity index (χ4v) is 4.94. The summed E-state index contributed by atoms with van der Waals surface area (Å²) >= 11 is 0. The van der Waals surface area contributed by atoms with Gasteiger partial charge in [0.05, 0.1) is 5.56 Å². The third kappa shape index (κ3) is 3.43. The second-order valence-electron chi connectivity index (χ2n) is 7.86. The van der Waals surface area contributed by atoms with Gasteiger partial charge in [0.15, 0.2) is 5.72 Å².